The number of nitrogens with one attached hydrogen (secondary N) is 1. The largest absolute Gasteiger partial charge is 0.379 e. The van der Waals surface area contributed by atoms with Crippen LogP contribution in [0.4, 0.5) is 5.82 Å². The molecule has 6 nitrogen and oxygen atoms in total. The fourth-order valence-corrected chi connectivity index (χ4v) is 4.94. The predicted molar refractivity (Wildman–Crippen MR) is 119 cm³/mol. The number of ether oxygens (including phenoxy) is 1. The van der Waals surface area contributed by atoms with Crippen LogP contribution in [0.5, 0.6) is 0 Å². The van der Waals surface area contributed by atoms with E-state index in [1.807, 2.05) is 18.2 Å². The van der Waals surface area contributed by atoms with E-state index in [1.54, 1.807) is 12.4 Å². The van der Waals surface area contributed by atoms with Crippen molar-refractivity contribution in [3.8, 4) is 11.4 Å². The number of benzene rings is 1. The zero-order valence-corrected chi connectivity index (χ0v) is 17.4. The number of nitrogens with zero attached hydrogens (tertiary/aromatic N) is 4. The van der Waals surface area contributed by atoms with Crippen molar-refractivity contribution >= 4 is 16.7 Å². The molecule has 6 heteroatoms. The number of rotatable bonds is 5. The highest BCUT2D eigenvalue weighted by Gasteiger charge is 2.38. The lowest BCUT2D eigenvalue weighted by Gasteiger charge is -2.48. The highest BCUT2D eigenvalue weighted by atomic mass is 16.5. The van der Waals surface area contributed by atoms with Gasteiger partial charge >= 0.3 is 0 Å². The van der Waals surface area contributed by atoms with Gasteiger partial charge in [-0.25, -0.2) is 9.97 Å². The zero-order chi connectivity index (χ0) is 20.2. The molecule has 1 aliphatic heterocycles. The molecule has 0 spiro atoms. The highest BCUT2D eigenvalue weighted by Crippen LogP contribution is 2.35. The molecule has 1 N–H and O–H groups in total. The van der Waals surface area contributed by atoms with Crippen LogP contribution in [0.15, 0.2) is 48.8 Å². The molecule has 0 bridgehead atoms. The maximum atomic E-state index is 5.63. The second kappa shape index (κ2) is 8.66. The average molecular weight is 404 g/mol. The van der Waals surface area contributed by atoms with Crippen molar-refractivity contribution in [1.29, 1.82) is 0 Å². The third-order valence-electron chi connectivity index (χ3n) is 6.59. The van der Waals surface area contributed by atoms with Crippen LogP contribution >= 0.6 is 0 Å². The monoisotopic (exact) mass is 403 g/mol. The summed E-state index contributed by atoms with van der Waals surface area (Å²) >= 11 is 0. The van der Waals surface area contributed by atoms with E-state index >= 15 is 0 Å². The summed E-state index contributed by atoms with van der Waals surface area (Å²) in [5, 5.41) is 4.83. The van der Waals surface area contributed by atoms with Crippen molar-refractivity contribution in [3.63, 3.8) is 0 Å². The van der Waals surface area contributed by atoms with Crippen molar-refractivity contribution in [1.82, 2.24) is 19.9 Å². The first kappa shape index (κ1) is 19.4. The van der Waals surface area contributed by atoms with E-state index in [-0.39, 0.29) is 5.54 Å². The van der Waals surface area contributed by atoms with Gasteiger partial charge in [0.1, 0.15) is 5.82 Å². The molecule has 156 valence electrons. The van der Waals surface area contributed by atoms with E-state index in [9.17, 15) is 0 Å². The molecular weight excluding hydrogens is 374 g/mol. The van der Waals surface area contributed by atoms with E-state index in [1.165, 1.54) is 32.1 Å². The average Bonchev–Trinajstić information content (AvgIpc) is 2.84. The summed E-state index contributed by atoms with van der Waals surface area (Å²) in [6, 6.07) is 12.2. The molecule has 1 saturated heterocycles. The fourth-order valence-electron chi connectivity index (χ4n) is 4.94. The van der Waals surface area contributed by atoms with Crippen LogP contribution in [0.3, 0.4) is 0 Å². The van der Waals surface area contributed by atoms with E-state index in [2.05, 4.69) is 33.4 Å². The summed E-state index contributed by atoms with van der Waals surface area (Å²) in [6.07, 6.45) is 9.99. The van der Waals surface area contributed by atoms with Crippen LogP contribution in [0.1, 0.15) is 32.1 Å². The van der Waals surface area contributed by atoms with Crippen LogP contribution in [-0.4, -0.2) is 58.2 Å². The van der Waals surface area contributed by atoms with E-state index in [4.69, 9.17) is 14.7 Å². The smallest absolute Gasteiger partial charge is 0.162 e. The Balaban J connectivity index is 1.47. The molecule has 0 unspecified atom stereocenters. The van der Waals surface area contributed by atoms with Gasteiger partial charge in [0.15, 0.2) is 5.82 Å². The lowest BCUT2D eigenvalue weighted by atomic mass is 9.79. The Labute approximate surface area is 177 Å². The fraction of sp³-hybridized carbons (Fsp3) is 0.458. The van der Waals surface area contributed by atoms with E-state index < -0.39 is 0 Å². The molecule has 3 aromatic rings. The molecule has 1 saturated carbocycles. The van der Waals surface area contributed by atoms with E-state index in [0.29, 0.717) is 0 Å². The number of morpholine rings is 1. The number of fused-ring (bicyclic) bond motifs is 1. The Kier molecular flexibility index (Phi) is 5.60. The maximum absolute atomic E-state index is 5.63. The molecule has 1 aliphatic carbocycles. The van der Waals surface area contributed by atoms with E-state index in [0.717, 1.165) is 61.0 Å². The first-order valence-corrected chi connectivity index (χ1v) is 11.1. The number of hydrogen-bond donors (Lipinski definition) is 1. The number of pyridine rings is 1. The number of anilines is 1. The second-order valence-corrected chi connectivity index (χ2v) is 8.39. The van der Waals surface area contributed by atoms with Crippen molar-refractivity contribution in [2.75, 3.05) is 38.2 Å². The number of aromatic nitrogens is 3. The molecule has 30 heavy (non-hydrogen) atoms. The summed E-state index contributed by atoms with van der Waals surface area (Å²) in [4.78, 5) is 16.5. The Bertz CT molecular complexity index is 981. The van der Waals surface area contributed by atoms with Crippen molar-refractivity contribution in [2.24, 2.45) is 0 Å². The third kappa shape index (κ3) is 3.89. The summed E-state index contributed by atoms with van der Waals surface area (Å²) in [7, 11) is 0. The van der Waals surface area contributed by atoms with Crippen molar-refractivity contribution in [2.45, 2.75) is 37.6 Å². The Morgan fingerprint density at radius 2 is 1.70 bits per heavy atom. The molecule has 1 aromatic carbocycles. The number of hydrogen-bond acceptors (Lipinski definition) is 6. The molecule has 2 aromatic heterocycles. The maximum Gasteiger partial charge on any atom is 0.162 e. The summed E-state index contributed by atoms with van der Waals surface area (Å²) in [6.45, 7) is 4.63. The molecule has 2 aliphatic rings. The molecule has 3 heterocycles. The summed E-state index contributed by atoms with van der Waals surface area (Å²) in [5.41, 5.74) is 2.13. The summed E-state index contributed by atoms with van der Waals surface area (Å²) < 4.78 is 5.63. The van der Waals surface area contributed by atoms with Gasteiger partial charge in [0.05, 0.1) is 18.7 Å². The van der Waals surface area contributed by atoms with Gasteiger partial charge in [-0.2, -0.15) is 0 Å². The molecule has 0 amide bonds. The van der Waals surface area contributed by atoms with Gasteiger partial charge in [-0.1, -0.05) is 31.4 Å². The molecule has 2 fully saturated rings. The normalized spacial score (nSPS) is 19.6. The lowest BCUT2D eigenvalue weighted by Crippen LogP contribution is -2.58. The zero-order valence-electron chi connectivity index (χ0n) is 17.4. The quantitative estimate of drug-likeness (QED) is 0.691. The molecule has 5 rings (SSSR count). The molecule has 0 atom stereocenters. The highest BCUT2D eigenvalue weighted by molar-refractivity contribution is 5.90. The van der Waals surface area contributed by atoms with Crippen LogP contribution < -0.4 is 5.32 Å². The Morgan fingerprint density at radius 3 is 2.50 bits per heavy atom. The lowest BCUT2D eigenvalue weighted by molar-refractivity contribution is -0.0318. The Morgan fingerprint density at radius 1 is 0.933 bits per heavy atom. The minimum Gasteiger partial charge on any atom is -0.379 e. The first-order valence-electron chi connectivity index (χ1n) is 11.1. The first-order chi connectivity index (χ1) is 14.8. The van der Waals surface area contributed by atoms with Gasteiger partial charge in [-0.15, -0.1) is 0 Å². The predicted octanol–water partition coefficient (Wildman–Crippen LogP) is 4.14. The van der Waals surface area contributed by atoms with Crippen LogP contribution in [0.2, 0.25) is 0 Å². The summed E-state index contributed by atoms with van der Waals surface area (Å²) in [5.74, 6) is 1.66. The molecular formula is C24H29N5O. The SMILES string of the molecule is c1ccc2c(NCC3(N4CCOCC4)CCCCC3)nc(-c3ccncc3)nc2c1. The van der Waals surface area contributed by atoms with Crippen LogP contribution in [-0.2, 0) is 4.74 Å². The van der Waals surface area contributed by atoms with Gasteiger partial charge in [0, 0.05) is 48.5 Å². The minimum absolute atomic E-state index is 0.185. The van der Waals surface area contributed by atoms with Crippen LogP contribution in [0.25, 0.3) is 22.3 Å². The van der Waals surface area contributed by atoms with Gasteiger partial charge in [0.2, 0.25) is 0 Å². The van der Waals surface area contributed by atoms with Gasteiger partial charge in [0.25, 0.3) is 0 Å². The van der Waals surface area contributed by atoms with Crippen LogP contribution in [0, 0.1) is 0 Å². The van der Waals surface area contributed by atoms with Gasteiger partial charge < -0.3 is 10.1 Å². The van der Waals surface area contributed by atoms with Gasteiger partial charge in [-0.3, -0.25) is 9.88 Å². The van der Waals surface area contributed by atoms with Crippen molar-refractivity contribution < 1.29 is 4.74 Å². The topological polar surface area (TPSA) is 63.2 Å². The second-order valence-electron chi connectivity index (χ2n) is 8.39. The standard InChI is InChI=1S/C24H29N5O/c1-4-10-24(11-5-1,29-14-16-30-17-15-29)18-26-23-20-6-2-3-7-21(20)27-22(28-23)19-8-12-25-13-9-19/h2-3,6-9,12-13H,1,4-5,10-11,14-18H2,(H,26,27,28). The number of para-hydroxylation sites is 1. The van der Waals surface area contributed by atoms with Gasteiger partial charge in [-0.05, 0) is 37.1 Å². The minimum atomic E-state index is 0.185. The Hall–Kier alpha value is -2.57. The van der Waals surface area contributed by atoms with Crippen molar-refractivity contribution in [3.05, 3.63) is 48.8 Å². The third-order valence-corrected chi connectivity index (χ3v) is 6.59. The molecule has 0 radical (unpaired) electrons.